The number of fused-ring (bicyclic) bond motifs is 2. The van der Waals surface area contributed by atoms with Gasteiger partial charge in [0.05, 0.1) is 22.9 Å². The number of aryl methyl sites for hydroxylation is 1. The molecule has 1 fully saturated rings. The highest BCUT2D eigenvalue weighted by molar-refractivity contribution is 6.05. The van der Waals surface area contributed by atoms with Gasteiger partial charge >= 0.3 is 0 Å². The number of nitrogens with one attached hydrogen (secondary N) is 1. The van der Waals surface area contributed by atoms with Crippen LogP contribution in [-0.4, -0.2) is 38.7 Å². The van der Waals surface area contributed by atoms with Crippen LogP contribution in [0.3, 0.4) is 0 Å². The minimum atomic E-state index is -0.255. The topological polar surface area (TPSA) is 84.3 Å². The molecule has 0 radical (unpaired) electrons. The molecule has 0 spiro atoms. The van der Waals surface area contributed by atoms with E-state index in [1.807, 2.05) is 41.0 Å². The number of para-hydroxylation sites is 2. The van der Waals surface area contributed by atoms with Crippen LogP contribution in [0.25, 0.3) is 11.0 Å². The number of imide groups is 1. The number of carbonyl (C=O) groups excluding carboxylic acids is 3. The fourth-order valence-corrected chi connectivity index (χ4v) is 4.11. The van der Waals surface area contributed by atoms with Gasteiger partial charge in [0.1, 0.15) is 0 Å². The van der Waals surface area contributed by atoms with E-state index in [0.717, 1.165) is 24.0 Å². The monoisotopic (exact) mass is 380 g/mol. The number of imidazole rings is 1. The second-order valence-electron chi connectivity index (χ2n) is 7.36. The average Bonchev–Trinajstić information content (AvgIpc) is 3.16. The Kier molecular flexibility index (Phi) is 4.98. The molecule has 3 amide bonds. The highest BCUT2D eigenvalue weighted by Gasteiger charge is 2.46. The highest BCUT2D eigenvalue weighted by Crippen LogP contribution is 2.35. The third-order valence-electron chi connectivity index (χ3n) is 5.51. The van der Waals surface area contributed by atoms with Crippen molar-refractivity contribution in [2.45, 2.75) is 39.2 Å². The lowest BCUT2D eigenvalue weighted by Gasteiger charge is -2.14. The van der Waals surface area contributed by atoms with Crippen molar-refractivity contribution < 1.29 is 14.4 Å². The van der Waals surface area contributed by atoms with Crippen molar-refractivity contribution in [3.8, 4) is 0 Å². The van der Waals surface area contributed by atoms with E-state index in [4.69, 9.17) is 0 Å². The van der Waals surface area contributed by atoms with Gasteiger partial charge in [0.2, 0.25) is 23.7 Å². The van der Waals surface area contributed by atoms with Crippen molar-refractivity contribution in [2.75, 3.05) is 11.9 Å². The molecule has 0 bridgehead atoms. The van der Waals surface area contributed by atoms with Crippen LogP contribution >= 0.6 is 0 Å². The van der Waals surface area contributed by atoms with Crippen LogP contribution in [0, 0.1) is 11.8 Å². The summed E-state index contributed by atoms with van der Waals surface area (Å²) < 4.78 is 1.99. The molecule has 2 unspecified atom stereocenters. The van der Waals surface area contributed by atoms with Gasteiger partial charge in [-0.15, -0.1) is 0 Å². The summed E-state index contributed by atoms with van der Waals surface area (Å²) in [4.78, 5) is 43.3. The number of likely N-dealkylation sites (tertiary alicyclic amines) is 1. The normalized spacial score (nSPS) is 21.4. The van der Waals surface area contributed by atoms with Crippen molar-refractivity contribution >= 4 is 34.7 Å². The highest BCUT2D eigenvalue weighted by atomic mass is 16.2. The zero-order valence-corrected chi connectivity index (χ0v) is 15.9. The van der Waals surface area contributed by atoms with E-state index < -0.39 is 0 Å². The molecule has 1 aliphatic carbocycles. The molecule has 1 aromatic carbocycles. The number of aromatic nitrogens is 2. The van der Waals surface area contributed by atoms with Crippen molar-refractivity contribution in [3.05, 3.63) is 36.4 Å². The van der Waals surface area contributed by atoms with E-state index in [9.17, 15) is 14.4 Å². The van der Waals surface area contributed by atoms with Gasteiger partial charge in [0, 0.05) is 19.5 Å². The molecule has 1 saturated heterocycles. The maximum Gasteiger partial charge on any atom is 0.233 e. The molecule has 2 aromatic rings. The Morgan fingerprint density at radius 2 is 1.79 bits per heavy atom. The Labute approximate surface area is 163 Å². The van der Waals surface area contributed by atoms with Crippen LogP contribution < -0.4 is 5.32 Å². The summed E-state index contributed by atoms with van der Waals surface area (Å²) in [6, 6.07) is 7.75. The number of allylic oxidation sites excluding steroid dienone is 2. The molecule has 7 heteroatoms. The summed E-state index contributed by atoms with van der Waals surface area (Å²) in [5, 5.41) is 2.85. The van der Waals surface area contributed by atoms with E-state index in [2.05, 4.69) is 17.2 Å². The number of carbonyl (C=O) groups is 3. The lowest BCUT2D eigenvalue weighted by Crippen LogP contribution is -2.34. The van der Waals surface area contributed by atoms with Crippen LogP contribution in [0.5, 0.6) is 0 Å². The minimum absolute atomic E-state index is 0.0691. The summed E-state index contributed by atoms with van der Waals surface area (Å²) in [5.41, 5.74) is 1.80. The zero-order chi connectivity index (χ0) is 19.7. The number of benzene rings is 1. The Morgan fingerprint density at radius 3 is 2.46 bits per heavy atom. The first-order valence-electron chi connectivity index (χ1n) is 9.85. The van der Waals surface area contributed by atoms with Crippen molar-refractivity contribution in [1.82, 2.24) is 14.5 Å². The van der Waals surface area contributed by atoms with Gasteiger partial charge in [-0.2, -0.15) is 0 Å². The molecule has 4 rings (SSSR count). The molecule has 28 heavy (non-hydrogen) atoms. The Balaban J connectivity index is 1.43. The van der Waals surface area contributed by atoms with Crippen LogP contribution in [0.1, 0.15) is 32.6 Å². The molecule has 2 atom stereocenters. The predicted octanol–water partition coefficient (Wildman–Crippen LogP) is 2.73. The summed E-state index contributed by atoms with van der Waals surface area (Å²) in [5.74, 6) is -0.550. The maximum atomic E-state index is 12.5. The fraction of sp³-hybridized carbons (Fsp3) is 0.429. The van der Waals surface area contributed by atoms with Gasteiger partial charge in [0.25, 0.3) is 0 Å². The summed E-state index contributed by atoms with van der Waals surface area (Å²) in [6.07, 6.45) is 6.12. The average molecular weight is 380 g/mol. The predicted molar refractivity (Wildman–Crippen MR) is 105 cm³/mol. The number of amides is 3. The molecule has 1 N–H and O–H groups in total. The second-order valence-corrected chi connectivity index (χ2v) is 7.36. The Morgan fingerprint density at radius 1 is 1.11 bits per heavy atom. The van der Waals surface area contributed by atoms with E-state index in [-0.39, 0.29) is 42.5 Å². The first-order chi connectivity index (χ1) is 13.6. The van der Waals surface area contributed by atoms with Gasteiger partial charge in [-0.1, -0.05) is 31.2 Å². The summed E-state index contributed by atoms with van der Waals surface area (Å²) in [6.45, 7) is 2.93. The Bertz CT molecular complexity index is 936. The number of anilines is 1. The van der Waals surface area contributed by atoms with E-state index in [0.29, 0.717) is 18.8 Å². The summed E-state index contributed by atoms with van der Waals surface area (Å²) in [7, 11) is 0. The van der Waals surface area contributed by atoms with Gasteiger partial charge in [-0.3, -0.25) is 24.6 Å². The van der Waals surface area contributed by atoms with Crippen molar-refractivity contribution in [2.24, 2.45) is 11.8 Å². The molecule has 1 aromatic heterocycles. The lowest BCUT2D eigenvalue weighted by molar-refractivity contribution is -0.140. The van der Waals surface area contributed by atoms with Gasteiger partial charge in [0.15, 0.2) is 0 Å². The third-order valence-corrected chi connectivity index (χ3v) is 5.51. The van der Waals surface area contributed by atoms with Gasteiger partial charge in [-0.25, -0.2) is 4.98 Å². The summed E-state index contributed by atoms with van der Waals surface area (Å²) >= 11 is 0. The first kappa shape index (κ1) is 18.4. The van der Waals surface area contributed by atoms with E-state index in [1.165, 1.54) is 4.90 Å². The molecular weight excluding hydrogens is 356 g/mol. The van der Waals surface area contributed by atoms with Crippen molar-refractivity contribution in [1.29, 1.82) is 0 Å². The smallest absolute Gasteiger partial charge is 0.233 e. The van der Waals surface area contributed by atoms with Gasteiger partial charge in [-0.05, 0) is 31.4 Å². The van der Waals surface area contributed by atoms with E-state index in [1.54, 1.807) is 0 Å². The first-order valence-corrected chi connectivity index (χ1v) is 9.85. The fourth-order valence-electron chi connectivity index (χ4n) is 4.11. The van der Waals surface area contributed by atoms with Crippen molar-refractivity contribution in [3.63, 3.8) is 0 Å². The lowest BCUT2D eigenvalue weighted by atomic mass is 9.85. The van der Waals surface area contributed by atoms with Crippen LogP contribution in [0.15, 0.2) is 36.4 Å². The number of hydrogen-bond donors (Lipinski definition) is 1. The van der Waals surface area contributed by atoms with Crippen LogP contribution in [0.2, 0.25) is 0 Å². The third kappa shape index (κ3) is 3.21. The number of rotatable bonds is 6. The van der Waals surface area contributed by atoms with Crippen LogP contribution in [-0.2, 0) is 20.9 Å². The molecule has 1 aliphatic heterocycles. The quantitative estimate of drug-likeness (QED) is 0.617. The molecule has 2 aliphatic rings. The molecule has 2 heterocycles. The molecule has 7 nitrogen and oxygen atoms in total. The van der Waals surface area contributed by atoms with Gasteiger partial charge < -0.3 is 4.57 Å². The van der Waals surface area contributed by atoms with E-state index >= 15 is 0 Å². The molecular formula is C21H24N4O3. The molecule has 146 valence electrons. The zero-order valence-electron chi connectivity index (χ0n) is 15.9. The van der Waals surface area contributed by atoms with Crippen LogP contribution in [0.4, 0.5) is 5.95 Å². The number of hydrogen-bond acceptors (Lipinski definition) is 4. The maximum absolute atomic E-state index is 12.5. The standard InChI is InChI=1S/C21H24N4O3/c1-2-12-24-17-10-6-5-9-16(17)22-21(24)23-18(26)11-13-25-19(27)14-7-3-4-8-15(14)20(25)28/h3-6,9-10,14-15H,2,7-8,11-13H2,1H3,(H,22,23,26). The largest absolute Gasteiger partial charge is 0.310 e. The second kappa shape index (κ2) is 7.58. The minimum Gasteiger partial charge on any atom is -0.310 e. The molecule has 0 saturated carbocycles. The Hall–Kier alpha value is -2.96. The SMILES string of the molecule is CCCn1c(NC(=O)CCN2C(=O)C3CC=CCC3C2=O)nc2ccccc21. The number of nitrogens with zero attached hydrogens (tertiary/aromatic N) is 3.